The predicted molar refractivity (Wildman–Crippen MR) is 121 cm³/mol. The molecule has 12 heteroatoms. The van der Waals surface area contributed by atoms with E-state index in [2.05, 4.69) is 10.6 Å². The highest BCUT2D eigenvalue weighted by molar-refractivity contribution is 5.99. The minimum Gasteiger partial charge on any atom is -0.381 e. The number of hydrogen-bond donors (Lipinski definition) is 2. The van der Waals surface area contributed by atoms with Crippen LogP contribution in [-0.4, -0.2) is 53.6 Å². The van der Waals surface area contributed by atoms with Crippen molar-refractivity contribution >= 4 is 11.6 Å². The molecule has 1 saturated heterocycles. The number of benzene rings is 1. The first-order valence-electron chi connectivity index (χ1n) is 11.4. The summed E-state index contributed by atoms with van der Waals surface area (Å²) in [5, 5.41) is 5.20. The number of likely N-dealkylation sites (tertiary alicyclic amines) is 1. The Balaban J connectivity index is 1.64. The third-order valence-corrected chi connectivity index (χ3v) is 6.71. The summed E-state index contributed by atoms with van der Waals surface area (Å²) in [4.78, 5) is 27.5. The number of nitrogens with zero attached hydrogens (tertiary/aromatic N) is 2. The van der Waals surface area contributed by atoms with Crippen molar-refractivity contribution in [1.82, 2.24) is 14.8 Å². The second-order valence-electron chi connectivity index (χ2n) is 9.58. The number of alkyl halides is 5. The van der Waals surface area contributed by atoms with Crippen molar-refractivity contribution in [3.63, 3.8) is 0 Å². The molecular formula is C24H26F6N4O2. The van der Waals surface area contributed by atoms with Gasteiger partial charge in [-0.05, 0) is 20.4 Å². The van der Waals surface area contributed by atoms with E-state index in [9.17, 15) is 35.9 Å². The zero-order valence-corrected chi connectivity index (χ0v) is 19.6. The lowest BCUT2D eigenvalue weighted by Crippen LogP contribution is -2.60. The molecule has 2 aromatic rings. The van der Waals surface area contributed by atoms with Crippen molar-refractivity contribution in [2.75, 3.05) is 32.0 Å². The SMILES string of the molecule is C[C@@H](NC(=O)c1cn([C@@H]2CCC2(F)F)c(=O)cc1NCC1(F)CN(C)C1)c1cccc(C(F)F)c1F. The Morgan fingerprint density at radius 3 is 2.42 bits per heavy atom. The molecule has 0 bridgehead atoms. The van der Waals surface area contributed by atoms with Crippen LogP contribution in [0.25, 0.3) is 0 Å². The summed E-state index contributed by atoms with van der Waals surface area (Å²) in [5.74, 6) is -5.17. The Kier molecular flexibility index (Phi) is 6.84. The molecule has 1 amide bonds. The second kappa shape index (κ2) is 9.45. The van der Waals surface area contributed by atoms with Crippen molar-refractivity contribution in [3.8, 4) is 0 Å². The number of nitrogens with one attached hydrogen (secondary N) is 2. The molecule has 196 valence electrons. The van der Waals surface area contributed by atoms with Crippen LogP contribution in [0.15, 0.2) is 35.3 Å². The van der Waals surface area contributed by atoms with E-state index < -0.39 is 59.4 Å². The van der Waals surface area contributed by atoms with Gasteiger partial charge in [0.2, 0.25) is 0 Å². The molecule has 4 rings (SSSR count). The summed E-state index contributed by atoms with van der Waals surface area (Å²) < 4.78 is 84.3. The van der Waals surface area contributed by atoms with Gasteiger partial charge in [0.05, 0.1) is 29.4 Å². The Bertz CT molecular complexity index is 1210. The molecule has 1 aromatic carbocycles. The van der Waals surface area contributed by atoms with Crippen LogP contribution in [0.1, 0.15) is 59.8 Å². The number of hydrogen-bond acceptors (Lipinski definition) is 4. The molecule has 1 aliphatic carbocycles. The molecule has 2 heterocycles. The fraction of sp³-hybridized carbons (Fsp3) is 0.500. The summed E-state index contributed by atoms with van der Waals surface area (Å²) in [6, 6.07) is 1.83. The molecule has 1 aromatic heterocycles. The van der Waals surface area contributed by atoms with E-state index >= 15 is 0 Å². The molecule has 2 fully saturated rings. The van der Waals surface area contributed by atoms with Crippen LogP contribution in [0, 0.1) is 5.82 Å². The molecule has 36 heavy (non-hydrogen) atoms. The van der Waals surface area contributed by atoms with E-state index in [0.29, 0.717) is 0 Å². The zero-order valence-electron chi connectivity index (χ0n) is 19.6. The summed E-state index contributed by atoms with van der Waals surface area (Å²) in [5.41, 5.74) is -3.72. The lowest BCUT2D eigenvalue weighted by molar-refractivity contribution is -0.123. The highest BCUT2D eigenvalue weighted by Crippen LogP contribution is 2.46. The van der Waals surface area contributed by atoms with E-state index in [0.717, 1.165) is 22.9 Å². The van der Waals surface area contributed by atoms with Gasteiger partial charge in [-0.3, -0.25) is 14.5 Å². The van der Waals surface area contributed by atoms with Crippen molar-refractivity contribution in [2.45, 2.75) is 49.9 Å². The average Bonchev–Trinajstić information content (AvgIpc) is 2.77. The lowest BCUT2D eigenvalue weighted by atomic mass is 9.87. The van der Waals surface area contributed by atoms with Crippen LogP contribution in [-0.2, 0) is 0 Å². The van der Waals surface area contributed by atoms with Gasteiger partial charge in [0.1, 0.15) is 11.9 Å². The normalized spacial score (nSPS) is 21.4. The largest absolute Gasteiger partial charge is 0.381 e. The Labute approximate surface area is 203 Å². The predicted octanol–water partition coefficient (Wildman–Crippen LogP) is 4.45. The molecular weight excluding hydrogens is 490 g/mol. The van der Waals surface area contributed by atoms with Crippen LogP contribution in [0.5, 0.6) is 0 Å². The molecule has 2 N–H and O–H groups in total. The first-order chi connectivity index (χ1) is 16.8. The minimum atomic E-state index is -3.13. The number of carbonyl (C=O) groups excluding carboxylic acids is 1. The number of amides is 1. The second-order valence-corrected chi connectivity index (χ2v) is 9.58. The van der Waals surface area contributed by atoms with Gasteiger partial charge in [0, 0.05) is 37.3 Å². The van der Waals surface area contributed by atoms with Gasteiger partial charge in [-0.1, -0.05) is 18.2 Å². The molecule has 1 saturated carbocycles. The highest BCUT2D eigenvalue weighted by atomic mass is 19.3. The molecule has 0 spiro atoms. The van der Waals surface area contributed by atoms with Gasteiger partial charge in [-0.25, -0.2) is 26.3 Å². The number of carbonyl (C=O) groups is 1. The fourth-order valence-corrected chi connectivity index (χ4v) is 4.66. The van der Waals surface area contributed by atoms with Crippen molar-refractivity contribution in [2.24, 2.45) is 0 Å². The fourth-order valence-electron chi connectivity index (χ4n) is 4.66. The molecule has 0 unspecified atom stereocenters. The highest BCUT2D eigenvalue weighted by Gasteiger charge is 2.50. The number of halogens is 6. The van der Waals surface area contributed by atoms with Crippen LogP contribution in [0.2, 0.25) is 0 Å². The maximum absolute atomic E-state index is 14.7. The maximum Gasteiger partial charge on any atom is 0.268 e. The van der Waals surface area contributed by atoms with E-state index in [1.807, 2.05) is 0 Å². The van der Waals surface area contributed by atoms with E-state index in [-0.39, 0.29) is 42.9 Å². The minimum absolute atomic E-state index is 0.0305. The molecule has 0 radical (unpaired) electrons. The summed E-state index contributed by atoms with van der Waals surface area (Å²) >= 11 is 0. The number of pyridine rings is 1. The third-order valence-electron chi connectivity index (χ3n) is 6.71. The van der Waals surface area contributed by atoms with Gasteiger partial charge in [0.25, 0.3) is 23.8 Å². The van der Waals surface area contributed by atoms with Crippen LogP contribution in [0.3, 0.4) is 0 Å². The van der Waals surface area contributed by atoms with Gasteiger partial charge in [-0.15, -0.1) is 0 Å². The van der Waals surface area contributed by atoms with Crippen LogP contribution in [0.4, 0.5) is 32.0 Å². The van der Waals surface area contributed by atoms with Crippen molar-refractivity contribution < 1.29 is 31.1 Å². The Morgan fingerprint density at radius 1 is 1.19 bits per heavy atom. The maximum atomic E-state index is 14.7. The monoisotopic (exact) mass is 516 g/mol. The lowest BCUT2D eigenvalue weighted by Gasteiger charge is -2.42. The smallest absolute Gasteiger partial charge is 0.268 e. The van der Waals surface area contributed by atoms with Gasteiger partial charge >= 0.3 is 0 Å². The van der Waals surface area contributed by atoms with E-state index in [1.54, 1.807) is 11.9 Å². The Hall–Kier alpha value is -3.02. The molecule has 1 aliphatic heterocycles. The van der Waals surface area contributed by atoms with E-state index in [1.165, 1.54) is 19.1 Å². The van der Waals surface area contributed by atoms with Gasteiger partial charge < -0.3 is 15.2 Å². The van der Waals surface area contributed by atoms with Crippen LogP contribution < -0.4 is 16.2 Å². The number of anilines is 1. The summed E-state index contributed by atoms with van der Waals surface area (Å²) in [6.45, 7) is 1.39. The number of rotatable bonds is 8. The quantitative estimate of drug-likeness (QED) is 0.509. The Morgan fingerprint density at radius 2 is 1.86 bits per heavy atom. The van der Waals surface area contributed by atoms with E-state index in [4.69, 9.17) is 0 Å². The standard InChI is InChI=1S/C24H26F6N4O2/c1-13(14-4-3-5-15(20(14)25)21(26)27)32-22(36)16-9-34(18-6-7-24(18,29)30)19(35)8-17(16)31-10-23(28)11-33(2)12-23/h3-5,8-9,13,18,21,31H,6-7,10-12H2,1-2H3,(H,32,36)/t13-,18-/m1/s1. The zero-order chi connectivity index (χ0) is 26.4. The van der Waals surface area contributed by atoms with Gasteiger partial charge in [-0.2, -0.15) is 0 Å². The molecule has 2 atom stereocenters. The van der Waals surface area contributed by atoms with Gasteiger partial charge in [0.15, 0.2) is 5.67 Å². The molecule has 2 aliphatic rings. The molecule has 6 nitrogen and oxygen atoms in total. The average molecular weight is 516 g/mol. The third kappa shape index (κ3) is 4.95. The van der Waals surface area contributed by atoms with Crippen LogP contribution >= 0.6 is 0 Å². The number of aromatic nitrogens is 1. The summed E-state index contributed by atoms with van der Waals surface area (Å²) in [6.07, 6.45) is -2.45. The first kappa shape index (κ1) is 26.1. The first-order valence-corrected chi connectivity index (χ1v) is 11.4. The van der Waals surface area contributed by atoms with Crippen molar-refractivity contribution in [1.29, 1.82) is 0 Å². The topological polar surface area (TPSA) is 66.4 Å². The van der Waals surface area contributed by atoms with Crippen molar-refractivity contribution in [3.05, 3.63) is 63.3 Å². The summed E-state index contributed by atoms with van der Waals surface area (Å²) in [7, 11) is 1.72.